The number of nitrogens with one attached hydrogen (secondary N) is 2. The van der Waals surface area contributed by atoms with Gasteiger partial charge in [0.05, 0.1) is 0 Å². The van der Waals surface area contributed by atoms with Crippen LogP contribution in [-0.2, 0) is 0 Å². The molecule has 1 aromatic carbocycles. The van der Waals surface area contributed by atoms with Crippen LogP contribution in [0.15, 0.2) is 42.6 Å². The Morgan fingerprint density at radius 1 is 0.897 bits per heavy atom. The van der Waals surface area contributed by atoms with Crippen molar-refractivity contribution in [2.24, 2.45) is 0 Å². The minimum absolute atomic E-state index is 0.140. The molecule has 0 bridgehead atoms. The van der Waals surface area contributed by atoms with Crippen LogP contribution in [0, 0.1) is 0 Å². The van der Waals surface area contributed by atoms with Crippen molar-refractivity contribution >= 4 is 23.2 Å². The van der Waals surface area contributed by atoms with Crippen molar-refractivity contribution in [3.8, 4) is 0 Å². The smallest absolute Gasteiger partial charge is 0.274 e. The third kappa shape index (κ3) is 4.94. The second-order valence-electron chi connectivity index (χ2n) is 7.93. The molecule has 2 aliphatic rings. The highest BCUT2D eigenvalue weighted by molar-refractivity contribution is 6.04. The number of pyridine rings is 1. The Morgan fingerprint density at radius 2 is 1.62 bits per heavy atom. The van der Waals surface area contributed by atoms with Crippen LogP contribution in [-0.4, -0.2) is 35.9 Å². The van der Waals surface area contributed by atoms with Gasteiger partial charge in [-0.2, -0.15) is 0 Å². The maximum atomic E-state index is 12.6. The van der Waals surface area contributed by atoms with Gasteiger partial charge in [0.25, 0.3) is 11.8 Å². The number of anilines is 2. The molecule has 2 aromatic rings. The Balaban J connectivity index is 1.38. The summed E-state index contributed by atoms with van der Waals surface area (Å²) >= 11 is 0. The van der Waals surface area contributed by atoms with Crippen molar-refractivity contribution in [2.75, 3.05) is 23.3 Å². The number of hydrogen-bond acceptors (Lipinski definition) is 4. The van der Waals surface area contributed by atoms with Crippen molar-refractivity contribution in [1.29, 1.82) is 0 Å². The third-order valence-corrected chi connectivity index (χ3v) is 5.79. The van der Waals surface area contributed by atoms with Gasteiger partial charge in [-0.25, -0.2) is 0 Å². The molecule has 2 N–H and O–H groups in total. The van der Waals surface area contributed by atoms with Crippen LogP contribution in [0.2, 0.25) is 0 Å². The summed E-state index contributed by atoms with van der Waals surface area (Å²) in [6.07, 6.45) is 9.64. The van der Waals surface area contributed by atoms with E-state index in [0.29, 0.717) is 5.56 Å². The summed E-state index contributed by atoms with van der Waals surface area (Å²) in [4.78, 5) is 31.6. The maximum absolute atomic E-state index is 12.6. The standard InChI is InChI=1S/C23H28N4O2/c28-22(25-18-6-2-3-7-18)17-12-13-24-21(16-17)23(29)26-19-8-10-20(11-9-19)27-14-4-1-5-15-27/h8-13,16,18H,1-7,14-15H2,(H,25,28)(H,26,29). The fourth-order valence-electron chi connectivity index (χ4n) is 4.14. The minimum Gasteiger partial charge on any atom is -0.372 e. The SMILES string of the molecule is O=C(NC1CCCC1)c1ccnc(C(=O)Nc2ccc(N3CCCCC3)cc2)c1. The Labute approximate surface area is 171 Å². The summed E-state index contributed by atoms with van der Waals surface area (Å²) in [6.45, 7) is 2.18. The predicted octanol–water partition coefficient (Wildman–Crippen LogP) is 4.00. The van der Waals surface area contributed by atoms with Crippen LogP contribution in [0.5, 0.6) is 0 Å². The van der Waals surface area contributed by atoms with E-state index in [4.69, 9.17) is 0 Å². The van der Waals surface area contributed by atoms with Crippen LogP contribution < -0.4 is 15.5 Å². The number of aromatic nitrogens is 1. The molecule has 1 aliphatic carbocycles. The first-order chi connectivity index (χ1) is 14.2. The van der Waals surface area contributed by atoms with E-state index < -0.39 is 0 Å². The highest BCUT2D eigenvalue weighted by atomic mass is 16.2. The van der Waals surface area contributed by atoms with E-state index in [-0.39, 0.29) is 23.6 Å². The lowest BCUT2D eigenvalue weighted by molar-refractivity contribution is 0.0937. The number of amides is 2. The second kappa shape index (κ2) is 9.07. The monoisotopic (exact) mass is 392 g/mol. The molecule has 2 heterocycles. The summed E-state index contributed by atoms with van der Waals surface area (Å²) < 4.78 is 0. The normalized spacial score (nSPS) is 17.2. The molecule has 0 radical (unpaired) electrons. The van der Waals surface area contributed by atoms with E-state index >= 15 is 0 Å². The van der Waals surface area contributed by atoms with E-state index in [0.717, 1.165) is 44.5 Å². The number of benzene rings is 1. The Kier molecular flexibility index (Phi) is 6.08. The van der Waals surface area contributed by atoms with Gasteiger partial charge in [-0.3, -0.25) is 14.6 Å². The number of rotatable bonds is 5. The molecule has 2 fully saturated rings. The quantitative estimate of drug-likeness (QED) is 0.807. The van der Waals surface area contributed by atoms with Gasteiger partial charge in [0.1, 0.15) is 5.69 Å². The van der Waals surface area contributed by atoms with Crippen molar-refractivity contribution in [3.05, 3.63) is 53.9 Å². The number of hydrogen-bond donors (Lipinski definition) is 2. The first-order valence-corrected chi connectivity index (χ1v) is 10.6. The first-order valence-electron chi connectivity index (χ1n) is 10.6. The van der Waals surface area contributed by atoms with E-state index in [1.807, 2.05) is 24.3 Å². The van der Waals surface area contributed by atoms with Crippen molar-refractivity contribution in [2.45, 2.75) is 51.0 Å². The number of nitrogens with zero attached hydrogens (tertiary/aromatic N) is 2. The number of carbonyl (C=O) groups is 2. The van der Waals surface area contributed by atoms with Gasteiger partial charge in [-0.1, -0.05) is 12.8 Å². The van der Waals surface area contributed by atoms with Crippen LogP contribution in [0.4, 0.5) is 11.4 Å². The van der Waals surface area contributed by atoms with E-state index in [9.17, 15) is 9.59 Å². The molecule has 29 heavy (non-hydrogen) atoms. The minimum atomic E-state index is -0.314. The van der Waals surface area contributed by atoms with Crippen molar-refractivity contribution in [1.82, 2.24) is 10.3 Å². The fraction of sp³-hybridized carbons (Fsp3) is 0.435. The zero-order chi connectivity index (χ0) is 20.1. The highest BCUT2D eigenvalue weighted by Gasteiger charge is 2.19. The lowest BCUT2D eigenvalue weighted by Gasteiger charge is -2.28. The van der Waals surface area contributed by atoms with Crippen LogP contribution in [0.25, 0.3) is 0 Å². The first kappa shape index (κ1) is 19.4. The molecule has 2 amide bonds. The molecule has 6 nitrogen and oxygen atoms in total. The molecule has 152 valence electrons. The number of carbonyl (C=O) groups excluding carboxylic acids is 2. The second-order valence-corrected chi connectivity index (χ2v) is 7.93. The molecule has 0 unspecified atom stereocenters. The summed E-state index contributed by atoms with van der Waals surface area (Å²) in [5.74, 6) is -0.453. The average Bonchev–Trinajstić information content (AvgIpc) is 3.28. The Hall–Kier alpha value is -2.89. The summed E-state index contributed by atoms with van der Waals surface area (Å²) in [5, 5.41) is 5.92. The lowest BCUT2D eigenvalue weighted by Crippen LogP contribution is -2.32. The Bertz CT molecular complexity index is 853. The fourth-order valence-corrected chi connectivity index (χ4v) is 4.14. The molecule has 0 spiro atoms. The van der Waals surface area contributed by atoms with Gasteiger partial charge in [-0.15, -0.1) is 0 Å². The summed E-state index contributed by atoms with van der Waals surface area (Å²) in [5.41, 5.74) is 2.62. The highest BCUT2D eigenvalue weighted by Crippen LogP contribution is 2.22. The van der Waals surface area contributed by atoms with Gasteiger partial charge in [0, 0.05) is 42.3 Å². The molecule has 0 atom stereocenters. The largest absolute Gasteiger partial charge is 0.372 e. The van der Waals surface area contributed by atoms with Crippen LogP contribution >= 0.6 is 0 Å². The van der Waals surface area contributed by atoms with Gasteiger partial charge < -0.3 is 15.5 Å². The van der Waals surface area contributed by atoms with Gasteiger partial charge in [0.15, 0.2) is 0 Å². The summed E-state index contributed by atoms with van der Waals surface area (Å²) in [6, 6.07) is 11.4. The van der Waals surface area contributed by atoms with Crippen molar-refractivity contribution in [3.63, 3.8) is 0 Å². The molecule has 1 aliphatic heterocycles. The molecular weight excluding hydrogens is 364 g/mol. The van der Waals surface area contributed by atoms with Crippen LogP contribution in [0.3, 0.4) is 0 Å². The molecule has 1 saturated carbocycles. The molecule has 4 rings (SSSR count). The average molecular weight is 393 g/mol. The Morgan fingerprint density at radius 3 is 2.34 bits per heavy atom. The molecule has 6 heteroatoms. The molecular formula is C23H28N4O2. The molecule has 1 aromatic heterocycles. The number of piperidine rings is 1. The third-order valence-electron chi connectivity index (χ3n) is 5.79. The zero-order valence-electron chi connectivity index (χ0n) is 16.7. The van der Waals surface area contributed by atoms with Crippen LogP contribution in [0.1, 0.15) is 65.8 Å². The van der Waals surface area contributed by atoms with E-state index in [1.54, 1.807) is 12.1 Å². The van der Waals surface area contributed by atoms with E-state index in [2.05, 4.69) is 20.5 Å². The van der Waals surface area contributed by atoms with E-state index in [1.165, 1.54) is 31.1 Å². The van der Waals surface area contributed by atoms with Gasteiger partial charge >= 0.3 is 0 Å². The summed E-state index contributed by atoms with van der Waals surface area (Å²) in [7, 11) is 0. The van der Waals surface area contributed by atoms with Crippen molar-refractivity contribution < 1.29 is 9.59 Å². The predicted molar refractivity (Wildman–Crippen MR) is 114 cm³/mol. The molecule has 1 saturated heterocycles. The lowest BCUT2D eigenvalue weighted by atomic mass is 10.1. The topological polar surface area (TPSA) is 74.3 Å². The van der Waals surface area contributed by atoms with Gasteiger partial charge in [-0.05, 0) is 68.5 Å². The van der Waals surface area contributed by atoms with Gasteiger partial charge in [0.2, 0.25) is 0 Å². The zero-order valence-corrected chi connectivity index (χ0v) is 16.7. The maximum Gasteiger partial charge on any atom is 0.274 e.